The van der Waals surface area contributed by atoms with Crippen LogP contribution >= 0.6 is 11.8 Å². The van der Waals surface area contributed by atoms with Gasteiger partial charge in [0.1, 0.15) is 5.82 Å². The van der Waals surface area contributed by atoms with Crippen LogP contribution in [0.5, 0.6) is 0 Å². The Kier molecular flexibility index (Phi) is 6.29. The van der Waals surface area contributed by atoms with Gasteiger partial charge in [0.25, 0.3) is 0 Å². The minimum Gasteiger partial charge on any atom is -0.396 e. The molecule has 0 aliphatic carbocycles. The standard InChI is InChI=1S/C16H17F3N2OS/c17-16(18,19)14-3-1-12(2-4-14)10-21-15-9-13(5-6-20-15)11-23-8-7-22/h1-6,9,22H,7-8,10-11H2,(H,20,21). The third-order valence-corrected chi connectivity index (χ3v) is 4.09. The Bertz CT molecular complexity index is 617. The number of aliphatic hydroxyl groups is 1. The molecule has 124 valence electrons. The highest BCUT2D eigenvalue weighted by Gasteiger charge is 2.29. The summed E-state index contributed by atoms with van der Waals surface area (Å²) < 4.78 is 37.5. The van der Waals surface area contributed by atoms with Crippen molar-refractivity contribution in [1.82, 2.24) is 4.98 Å². The topological polar surface area (TPSA) is 45.2 Å². The minimum absolute atomic E-state index is 0.148. The van der Waals surface area contributed by atoms with E-state index in [1.807, 2.05) is 12.1 Å². The number of aliphatic hydroxyl groups excluding tert-OH is 1. The number of halogens is 3. The summed E-state index contributed by atoms with van der Waals surface area (Å²) in [6, 6.07) is 8.86. The monoisotopic (exact) mass is 342 g/mol. The van der Waals surface area contributed by atoms with Gasteiger partial charge in [-0.15, -0.1) is 0 Å². The Morgan fingerprint density at radius 1 is 1.09 bits per heavy atom. The summed E-state index contributed by atoms with van der Waals surface area (Å²) in [7, 11) is 0. The number of rotatable bonds is 7. The van der Waals surface area contributed by atoms with Gasteiger partial charge in [0.05, 0.1) is 12.2 Å². The lowest BCUT2D eigenvalue weighted by Crippen LogP contribution is -2.06. The molecule has 1 heterocycles. The van der Waals surface area contributed by atoms with Crippen LogP contribution in [-0.2, 0) is 18.5 Å². The van der Waals surface area contributed by atoms with Crippen LogP contribution in [0.25, 0.3) is 0 Å². The minimum atomic E-state index is -4.31. The van der Waals surface area contributed by atoms with Crippen molar-refractivity contribution >= 4 is 17.6 Å². The van der Waals surface area contributed by atoms with Crippen molar-refractivity contribution in [2.45, 2.75) is 18.5 Å². The predicted molar refractivity (Wildman–Crippen MR) is 86.3 cm³/mol. The van der Waals surface area contributed by atoms with E-state index in [4.69, 9.17) is 5.11 Å². The van der Waals surface area contributed by atoms with Gasteiger partial charge in [0.15, 0.2) is 0 Å². The van der Waals surface area contributed by atoms with E-state index in [1.54, 1.807) is 18.0 Å². The summed E-state index contributed by atoms with van der Waals surface area (Å²) >= 11 is 1.62. The van der Waals surface area contributed by atoms with E-state index in [2.05, 4.69) is 10.3 Å². The molecule has 23 heavy (non-hydrogen) atoms. The fourth-order valence-electron chi connectivity index (χ4n) is 1.92. The Hall–Kier alpha value is -1.73. The van der Waals surface area contributed by atoms with Crippen LogP contribution in [0.3, 0.4) is 0 Å². The highest BCUT2D eigenvalue weighted by molar-refractivity contribution is 7.98. The Morgan fingerprint density at radius 2 is 1.83 bits per heavy atom. The number of pyridine rings is 1. The largest absolute Gasteiger partial charge is 0.416 e. The summed E-state index contributed by atoms with van der Waals surface area (Å²) in [5.41, 5.74) is 1.18. The van der Waals surface area contributed by atoms with Gasteiger partial charge < -0.3 is 10.4 Å². The molecular formula is C16H17F3N2OS. The van der Waals surface area contributed by atoms with Crippen LogP contribution in [0.4, 0.5) is 19.0 Å². The average Bonchev–Trinajstić information content (AvgIpc) is 2.53. The zero-order valence-electron chi connectivity index (χ0n) is 12.3. The first-order valence-electron chi connectivity index (χ1n) is 7.02. The van der Waals surface area contributed by atoms with Crippen LogP contribution < -0.4 is 5.32 Å². The van der Waals surface area contributed by atoms with Crippen molar-refractivity contribution in [2.75, 3.05) is 17.7 Å². The highest BCUT2D eigenvalue weighted by atomic mass is 32.2. The molecule has 0 spiro atoms. The lowest BCUT2D eigenvalue weighted by molar-refractivity contribution is -0.137. The summed E-state index contributed by atoms with van der Waals surface area (Å²) in [6.45, 7) is 0.549. The van der Waals surface area contributed by atoms with Crippen LogP contribution in [0.2, 0.25) is 0 Å². The van der Waals surface area contributed by atoms with E-state index >= 15 is 0 Å². The van der Waals surface area contributed by atoms with Gasteiger partial charge in [-0.3, -0.25) is 0 Å². The number of anilines is 1. The second-order valence-electron chi connectivity index (χ2n) is 4.87. The first kappa shape index (κ1) is 17.6. The first-order chi connectivity index (χ1) is 11.0. The molecule has 0 radical (unpaired) electrons. The average molecular weight is 342 g/mol. The third kappa shape index (κ3) is 5.76. The number of alkyl halides is 3. The molecular weight excluding hydrogens is 325 g/mol. The molecule has 3 nitrogen and oxygen atoms in total. The van der Waals surface area contributed by atoms with Crippen molar-refractivity contribution in [3.05, 3.63) is 59.3 Å². The molecule has 0 bridgehead atoms. The zero-order chi connectivity index (χ0) is 16.7. The summed E-state index contributed by atoms with van der Waals surface area (Å²) in [5.74, 6) is 2.13. The van der Waals surface area contributed by atoms with Crippen LogP contribution in [0.1, 0.15) is 16.7 Å². The van der Waals surface area contributed by atoms with E-state index in [0.717, 1.165) is 29.0 Å². The lowest BCUT2D eigenvalue weighted by Gasteiger charge is -2.09. The van der Waals surface area contributed by atoms with Crippen molar-refractivity contribution in [2.24, 2.45) is 0 Å². The predicted octanol–water partition coefficient (Wildman–Crippen LogP) is 3.94. The molecule has 0 aliphatic rings. The van der Waals surface area contributed by atoms with Gasteiger partial charge in [0, 0.05) is 24.2 Å². The summed E-state index contributed by atoms with van der Waals surface area (Å²) in [5, 5.41) is 11.9. The molecule has 0 fully saturated rings. The number of benzene rings is 1. The molecule has 2 rings (SSSR count). The molecule has 1 aromatic carbocycles. The number of hydrogen-bond donors (Lipinski definition) is 2. The molecule has 7 heteroatoms. The SMILES string of the molecule is OCCSCc1ccnc(NCc2ccc(C(F)(F)F)cc2)c1. The summed E-state index contributed by atoms with van der Waals surface area (Å²) in [4.78, 5) is 4.19. The third-order valence-electron chi connectivity index (χ3n) is 3.08. The van der Waals surface area contributed by atoms with E-state index in [-0.39, 0.29) is 6.61 Å². The van der Waals surface area contributed by atoms with Crippen LogP contribution in [-0.4, -0.2) is 22.5 Å². The number of nitrogens with zero attached hydrogens (tertiary/aromatic N) is 1. The molecule has 0 aliphatic heterocycles. The molecule has 1 aromatic heterocycles. The van der Waals surface area contributed by atoms with E-state index in [0.29, 0.717) is 18.1 Å². The zero-order valence-corrected chi connectivity index (χ0v) is 13.1. The van der Waals surface area contributed by atoms with E-state index in [1.165, 1.54) is 12.1 Å². The summed E-state index contributed by atoms with van der Waals surface area (Å²) in [6.07, 6.45) is -2.63. The van der Waals surface area contributed by atoms with Crippen molar-refractivity contribution < 1.29 is 18.3 Å². The quantitative estimate of drug-likeness (QED) is 0.748. The van der Waals surface area contributed by atoms with Crippen molar-refractivity contribution in [3.63, 3.8) is 0 Å². The molecule has 0 unspecified atom stereocenters. The van der Waals surface area contributed by atoms with E-state index in [9.17, 15) is 13.2 Å². The second kappa shape index (κ2) is 8.21. The molecule has 0 amide bonds. The number of thioether (sulfide) groups is 1. The molecule has 0 saturated heterocycles. The van der Waals surface area contributed by atoms with E-state index < -0.39 is 11.7 Å². The first-order valence-corrected chi connectivity index (χ1v) is 8.18. The van der Waals surface area contributed by atoms with Crippen molar-refractivity contribution in [1.29, 1.82) is 0 Å². The number of nitrogens with one attached hydrogen (secondary N) is 1. The highest BCUT2D eigenvalue weighted by Crippen LogP contribution is 2.29. The molecule has 0 saturated carbocycles. The Morgan fingerprint density at radius 3 is 2.48 bits per heavy atom. The Labute approximate surface area is 136 Å². The van der Waals surface area contributed by atoms with Gasteiger partial charge in [-0.05, 0) is 35.4 Å². The smallest absolute Gasteiger partial charge is 0.396 e. The van der Waals surface area contributed by atoms with Gasteiger partial charge in [-0.2, -0.15) is 24.9 Å². The fourth-order valence-corrected chi connectivity index (χ4v) is 2.61. The van der Waals surface area contributed by atoms with Gasteiger partial charge in [0.2, 0.25) is 0 Å². The number of hydrogen-bond acceptors (Lipinski definition) is 4. The van der Waals surface area contributed by atoms with Crippen LogP contribution in [0.15, 0.2) is 42.6 Å². The lowest BCUT2D eigenvalue weighted by atomic mass is 10.1. The maximum atomic E-state index is 12.5. The molecule has 0 atom stereocenters. The van der Waals surface area contributed by atoms with Gasteiger partial charge in [-0.1, -0.05) is 12.1 Å². The van der Waals surface area contributed by atoms with Gasteiger partial charge in [-0.25, -0.2) is 4.98 Å². The molecule has 2 N–H and O–H groups in total. The maximum absolute atomic E-state index is 12.5. The van der Waals surface area contributed by atoms with Crippen molar-refractivity contribution in [3.8, 4) is 0 Å². The van der Waals surface area contributed by atoms with Gasteiger partial charge >= 0.3 is 6.18 Å². The second-order valence-corrected chi connectivity index (χ2v) is 5.98. The fraction of sp³-hybridized carbons (Fsp3) is 0.312. The normalized spacial score (nSPS) is 11.5. The van der Waals surface area contributed by atoms with Crippen LogP contribution in [0, 0.1) is 0 Å². The Balaban J connectivity index is 1.91. The number of aromatic nitrogens is 1. The maximum Gasteiger partial charge on any atom is 0.416 e. The molecule has 2 aromatic rings.